The molecule has 1 fully saturated rings. The zero-order valence-corrected chi connectivity index (χ0v) is 14.1. The fourth-order valence-electron chi connectivity index (χ4n) is 3.37. The summed E-state index contributed by atoms with van der Waals surface area (Å²) in [6.45, 7) is 4.41. The summed E-state index contributed by atoms with van der Waals surface area (Å²) in [6.07, 6.45) is 5.47. The van der Waals surface area contributed by atoms with E-state index < -0.39 is 0 Å². The van der Waals surface area contributed by atoms with E-state index >= 15 is 0 Å². The van der Waals surface area contributed by atoms with E-state index in [1.807, 2.05) is 31.2 Å². The first kappa shape index (κ1) is 16.5. The molecule has 24 heavy (non-hydrogen) atoms. The van der Waals surface area contributed by atoms with Crippen molar-refractivity contribution in [3.63, 3.8) is 0 Å². The third kappa shape index (κ3) is 3.13. The molecule has 0 atom stereocenters. The van der Waals surface area contributed by atoms with Crippen LogP contribution < -0.4 is 15.9 Å². The molecule has 2 heterocycles. The third-order valence-corrected chi connectivity index (χ3v) is 4.53. The smallest absolute Gasteiger partial charge is 0.299 e. The summed E-state index contributed by atoms with van der Waals surface area (Å²) in [5.41, 5.74) is 0.349. The number of aromatic nitrogens is 2. The second-order valence-electron chi connectivity index (χ2n) is 6.23. The fourth-order valence-corrected chi connectivity index (χ4v) is 3.37. The first-order valence-corrected chi connectivity index (χ1v) is 8.73. The topological polar surface area (TPSA) is 70.7 Å². The van der Waals surface area contributed by atoms with E-state index in [1.165, 1.54) is 12.8 Å². The Kier molecular flexibility index (Phi) is 5.13. The number of fused-ring (bicyclic) bond motifs is 1. The molecule has 0 aliphatic carbocycles. The van der Waals surface area contributed by atoms with E-state index in [2.05, 4.69) is 15.0 Å². The Hall–Kier alpha value is -2.37. The van der Waals surface area contributed by atoms with Crippen molar-refractivity contribution in [2.24, 2.45) is 5.16 Å². The van der Waals surface area contributed by atoms with E-state index in [0.717, 1.165) is 49.1 Å². The van der Waals surface area contributed by atoms with Crippen molar-refractivity contribution in [2.75, 3.05) is 18.0 Å². The number of anilines is 1. The van der Waals surface area contributed by atoms with Crippen LogP contribution in [0.25, 0.3) is 10.9 Å². The minimum Gasteiger partial charge on any atom is -0.409 e. The molecule has 1 saturated heterocycles. The summed E-state index contributed by atoms with van der Waals surface area (Å²) in [5.74, 6) is 0.743. The third-order valence-electron chi connectivity index (χ3n) is 4.53. The van der Waals surface area contributed by atoms with Crippen LogP contribution in [0.1, 0.15) is 39.0 Å². The average Bonchev–Trinajstić information content (AvgIpc) is 2.94. The summed E-state index contributed by atoms with van der Waals surface area (Å²) >= 11 is 0. The van der Waals surface area contributed by atoms with Gasteiger partial charge in [0.05, 0.1) is 5.52 Å². The molecule has 128 valence electrons. The van der Waals surface area contributed by atoms with Gasteiger partial charge in [-0.2, -0.15) is 0 Å². The van der Waals surface area contributed by atoms with E-state index in [9.17, 15) is 10.0 Å². The molecule has 0 radical (unpaired) electrons. The van der Waals surface area contributed by atoms with Crippen molar-refractivity contribution in [1.82, 2.24) is 9.55 Å². The molecular formula is C18H24N4O2. The predicted octanol–water partition coefficient (Wildman–Crippen LogP) is 2.48. The number of rotatable bonds is 3. The molecule has 1 aliphatic heterocycles. The van der Waals surface area contributed by atoms with Gasteiger partial charge in [0, 0.05) is 25.0 Å². The Bertz CT molecular complexity index is 836. The normalized spacial score (nSPS) is 16.4. The maximum absolute atomic E-state index is 12.7. The highest BCUT2D eigenvalue weighted by Gasteiger charge is 2.16. The molecule has 1 aliphatic rings. The van der Waals surface area contributed by atoms with Crippen LogP contribution in [0, 0.1) is 0 Å². The van der Waals surface area contributed by atoms with Gasteiger partial charge in [0.25, 0.3) is 11.0 Å². The zero-order chi connectivity index (χ0) is 16.9. The van der Waals surface area contributed by atoms with Crippen molar-refractivity contribution in [3.8, 4) is 0 Å². The lowest BCUT2D eigenvalue weighted by Gasteiger charge is -2.21. The second kappa shape index (κ2) is 7.47. The molecule has 0 amide bonds. The minimum atomic E-state index is -0.350. The molecule has 0 unspecified atom stereocenters. The van der Waals surface area contributed by atoms with Crippen molar-refractivity contribution >= 4 is 16.7 Å². The Labute approximate surface area is 141 Å². The van der Waals surface area contributed by atoms with Crippen LogP contribution in [0.3, 0.4) is 0 Å². The van der Waals surface area contributed by atoms with Crippen molar-refractivity contribution < 1.29 is 5.21 Å². The number of nitrogens with zero attached hydrogens (tertiary/aromatic N) is 4. The Morgan fingerprint density at radius 3 is 2.54 bits per heavy atom. The van der Waals surface area contributed by atoms with Gasteiger partial charge in [0.15, 0.2) is 0 Å². The van der Waals surface area contributed by atoms with Gasteiger partial charge in [0.2, 0.25) is 0 Å². The van der Waals surface area contributed by atoms with E-state index in [0.29, 0.717) is 6.54 Å². The molecule has 6 heteroatoms. The lowest BCUT2D eigenvalue weighted by molar-refractivity contribution is 0.297. The van der Waals surface area contributed by atoms with Gasteiger partial charge in [-0.05, 0) is 31.4 Å². The molecule has 2 aromatic rings. The van der Waals surface area contributed by atoms with Crippen LogP contribution >= 0.6 is 0 Å². The van der Waals surface area contributed by atoms with Crippen LogP contribution in [-0.4, -0.2) is 27.8 Å². The van der Waals surface area contributed by atoms with Gasteiger partial charge in [0.1, 0.15) is 5.82 Å². The van der Waals surface area contributed by atoms with Gasteiger partial charge < -0.3 is 14.7 Å². The lowest BCUT2D eigenvalue weighted by Crippen LogP contribution is -2.35. The SMILES string of the molecule is CCCn1c(=O)c(=NO)nc(N2CCCCCC2)c2ccccc21. The molecule has 1 aromatic heterocycles. The number of para-hydroxylation sites is 1. The molecule has 3 rings (SSSR count). The van der Waals surface area contributed by atoms with E-state index in [1.54, 1.807) is 4.57 Å². The standard InChI is InChI=1S/C18H24N4O2/c1-2-11-22-15-10-6-5-9-14(15)17(19-16(20-24)18(22)23)21-12-7-3-4-8-13-21/h5-6,9-10,24H,2-4,7-8,11-13H2,1H3. The predicted molar refractivity (Wildman–Crippen MR) is 94.3 cm³/mol. The van der Waals surface area contributed by atoms with Crippen LogP contribution in [0.15, 0.2) is 34.2 Å². The summed E-state index contributed by atoms with van der Waals surface area (Å²) in [4.78, 5) is 19.4. The number of hydrogen-bond donors (Lipinski definition) is 1. The van der Waals surface area contributed by atoms with Gasteiger partial charge in [-0.15, -0.1) is 0 Å². The highest BCUT2D eigenvalue weighted by molar-refractivity contribution is 5.89. The number of aryl methyl sites for hydroxylation is 1. The number of hydrogen-bond acceptors (Lipinski definition) is 5. The van der Waals surface area contributed by atoms with Crippen LogP contribution in [-0.2, 0) is 6.54 Å². The lowest BCUT2D eigenvalue weighted by atomic mass is 10.2. The second-order valence-corrected chi connectivity index (χ2v) is 6.23. The van der Waals surface area contributed by atoms with Crippen molar-refractivity contribution in [2.45, 2.75) is 45.6 Å². The Balaban J connectivity index is 2.35. The molecule has 1 N–H and O–H groups in total. The minimum absolute atomic E-state index is 0.140. The summed E-state index contributed by atoms with van der Waals surface area (Å²) in [5, 5.41) is 13.5. The van der Waals surface area contributed by atoms with Gasteiger partial charge in [-0.25, -0.2) is 4.98 Å². The van der Waals surface area contributed by atoms with Crippen LogP contribution in [0.2, 0.25) is 0 Å². The average molecular weight is 328 g/mol. The maximum Gasteiger partial charge on any atom is 0.299 e. The van der Waals surface area contributed by atoms with Crippen molar-refractivity contribution in [1.29, 1.82) is 0 Å². The first-order chi connectivity index (χ1) is 11.8. The maximum atomic E-state index is 12.7. The summed E-state index contributed by atoms with van der Waals surface area (Å²) in [7, 11) is 0. The quantitative estimate of drug-likeness (QED) is 0.694. The van der Waals surface area contributed by atoms with Gasteiger partial charge in [-0.3, -0.25) is 4.79 Å². The van der Waals surface area contributed by atoms with Crippen LogP contribution in [0.5, 0.6) is 0 Å². The van der Waals surface area contributed by atoms with E-state index in [-0.39, 0.29) is 11.0 Å². The molecule has 0 spiro atoms. The van der Waals surface area contributed by atoms with Gasteiger partial charge >= 0.3 is 0 Å². The highest BCUT2D eigenvalue weighted by Crippen LogP contribution is 2.24. The van der Waals surface area contributed by atoms with E-state index in [4.69, 9.17) is 0 Å². The summed E-state index contributed by atoms with van der Waals surface area (Å²) in [6, 6.07) is 7.82. The molecular weight excluding hydrogens is 304 g/mol. The fraction of sp³-hybridized carbons (Fsp3) is 0.500. The Morgan fingerprint density at radius 2 is 1.88 bits per heavy atom. The zero-order valence-electron chi connectivity index (χ0n) is 14.1. The van der Waals surface area contributed by atoms with Gasteiger partial charge in [-0.1, -0.05) is 37.1 Å². The van der Waals surface area contributed by atoms with Crippen molar-refractivity contribution in [3.05, 3.63) is 40.1 Å². The number of benzene rings is 1. The highest BCUT2D eigenvalue weighted by atomic mass is 16.4. The molecule has 0 saturated carbocycles. The summed E-state index contributed by atoms with van der Waals surface area (Å²) < 4.78 is 1.67. The largest absolute Gasteiger partial charge is 0.409 e. The monoisotopic (exact) mass is 328 g/mol. The Morgan fingerprint density at radius 1 is 1.17 bits per heavy atom. The molecule has 6 nitrogen and oxygen atoms in total. The van der Waals surface area contributed by atoms with Crippen LogP contribution in [0.4, 0.5) is 5.82 Å². The molecule has 1 aromatic carbocycles. The first-order valence-electron chi connectivity index (χ1n) is 8.73. The molecule has 0 bridgehead atoms.